The quantitative estimate of drug-likeness (QED) is 0.631. The number of aryl methyl sites for hydroxylation is 1. The van der Waals surface area contributed by atoms with Crippen LogP contribution < -0.4 is 4.74 Å². The number of rotatable bonds is 4. The maximum atomic E-state index is 13.0. The highest BCUT2D eigenvalue weighted by Crippen LogP contribution is 2.37. The lowest BCUT2D eigenvalue weighted by atomic mass is 10.2. The van der Waals surface area contributed by atoms with Crippen LogP contribution in [0.15, 0.2) is 36.4 Å². The molecule has 0 bridgehead atoms. The summed E-state index contributed by atoms with van der Waals surface area (Å²) in [5.74, 6) is -1.21. The van der Waals surface area contributed by atoms with Gasteiger partial charge < -0.3 is 4.74 Å². The fourth-order valence-corrected chi connectivity index (χ4v) is 1.79. The van der Waals surface area contributed by atoms with Gasteiger partial charge in [-0.05, 0) is 25.1 Å². The monoisotopic (exact) mass is 292 g/mol. The van der Waals surface area contributed by atoms with Crippen molar-refractivity contribution in [3.63, 3.8) is 0 Å². The minimum absolute atomic E-state index is 0.144. The maximum absolute atomic E-state index is 13.0. The standard InChI is InChI=1S/C13H9FN2O5/c1-8-3-2-4-12(13(8)16(19)20)21-11-6-5-9(14)7-10(11)15(17)18/h2-7H,1H3. The predicted octanol–water partition coefficient (Wildman–Crippen LogP) is 3.74. The Bertz CT molecular complexity index is 732. The first-order chi connectivity index (χ1) is 9.90. The fourth-order valence-electron chi connectivity index (χ4n) is 1.79. The smallest absolute Gasteiger partial charge is 0.314 e. The third-order valence-corrected chi connectivity index (χ3v) is 2.72. The van der Waals surface area contributed by atoms with E-state index in [9.17, 15) is 24.6 Å². The van der Waals surface area contributed by atoms with E-state index in [-0.39, 0.29) is 17.2 Å². The molecule has 0 unspecified atom stereocenters. The van der Waals surface area contributed by atoms with Crippen LogP contribution in [0.1, 0.15) is 5.56 Å². The normalized spacial score (nSPS) is 10.2. The van der Waals surface area contributed by atoms with Crippen molar-refractivity contribution in [1.29, 1.82) is 0 Å². The van der Waals surface area contributed by atoms with Crippen LogP contribution in [0, 0.1) is 33.0 Å². The summed E-state index contributed by atoms with van der Waals surface area (Å²) in [6.07, 6.45) is 0. The van der Waals surface area contributed by atoms with Crippen molar-refractivity contribution in [2.24, 2.45) is 0 Å². The van der Waals surface area contributed by atoms with E-state index in [1.54, 1.807) is 0 Å². The lowest BCUT2D eigenvalue weighted by Gasteiger charge is -2.08. The summed E-state index contributed by atoms with van der Waals surface area (Å²) in [7, 11) is 0. The summed E-state index contributed by atoms with van der Waals surface area (Å²) in [6.45, 7) is 1.52. The van der Waals surface area contributed by atoms with E-state index in [1.165, 1.54) is 25.1 Å². The molecule has 0 fully saturated rings. The van der Waals surface area contributed by atoms with Crippen molar-refractivity contribution in [2.75, 3.05) is 0 Å². The Morgan fingerprint density at radius 3 is 2.38 bits per heavy atom. The lowest BCUT2D eigenvalue weighted by Crippen LogP contribution is -1.98. The molecule has 2 aromatic carbocycles. The molecule has 0 aliphatic carbocycles. The Balaban J connectivity index is 2.51. The van der Waals surface area contributed by atoms with Gasteiger partial charge in [0, 0.05) is 5.56 Å². The van der Waals surface area contributed by atoms with Gasteiger partial charge in [-0.1, -0.05) is 12.1 Å². The van der Waals surface area contributed by atoms with Gasteiger partial charge >= 0.3 is 11.4 Å². The number of para-hydroxylation sites is 1. The second kappa shape index (κ2) is 5.53. The highest BCUT2D eigenvalue weighted by Gasteiger charge is 2.23. The molecular formula is C13H9FN2O5. The van der Waals surface area contributed by atoms with Crippen molar-refractivity contribution in [3.8, 4) is 11.5 Å². The number of hydrogen-bond acceptors (Lipinski definition) is 5. The van der Waals surface area contributed by atoms with E-state index in [1.807, 2.05) is 0 Å². The molecule has 0 atom stereocenters. The molecule has 0 aliphatic rings. The van der Waals surface area contributed by atoms with Crippen molar-refractivity contribution in [1.82, 2.24) is 0 Å². The summed E-state index contributed by atoms with van der Waals surface area (Å²) < 4.78 is 18.3. The fraction of sp³-hybridized carbons (Fsp3) is 0.0769. The summed E-state index contributed by atoms with van der Waals surface area (Å²) in [5.41, 5.74) is -0.552. The molecule has 0 aromatic heterocycles. The molecule has 0 heterocycles. The number of benzene rings is 2. The van der Waals surface area contributed by atoms with Gasteiger partial charge in [0.15, 0.2) is 0 Å². The van der Waals surface area contributed by atoms with E-state index in [2.05, 4.69) is 0 Å². The van der Waals surface area contributed by atoms with Crippen molar-refractivity contribution < 1.29 is 19.0 Å². The molecule has 0 spiro atoms. The van der Waals surface area contributed by atoms with Crippen LogP contribution in [-0.4, -0.2) is 9.85 Å². The summed E-state index contributed by atoms with van der Waals surface area (Å²) in [5, 5.41) is 21.9. The van der Waals surface area contributed by atoms with E-state index in [4.69, 9.17) is 4.74 Å². The van der Waals surface area contributed by atoms with Gasteiger partial charge in [0.25, 0.3) is 0 Å². The molecule has 8 heteroatoms. The molecule has 0 saturated carbocycles. The molecule has 0 amide bonds. The third kappa shape index (κ3) is 2.94. The average molecular weight is 292 g/mol. The Hall–Kier alpha value is -3.03. The number of halogens is 1. The molecule has 7 nitrogen and oxygen atoms in total. The van der Waals surface area contributed by atoms with Crippen molar-refractivity contribution >= 4 is 11.4 Å². The molecule has 2 aromatic rings. The first kappa shape index (κ1) is 14.4. The van der Waals surface area contributed by atoms with Crippen molar-refractivity contribution in [2.45, 2.75) is 6.92 Å². The zero-order valence-corrected chi connectivity index (χ0v) is 10.8. The van der Waals surface area contributed by atoms with Crippen LogP contribution in [-0.2, 0) is 0 Å². The number of nitrogens with zero attached hydrogens (tertiary/aromatic N) is 2. The molecular weight excluding hydrogens is 283 g/mol. The number of nitro groups is 2. The van der Waals surface area contributed by atoms with Crippen LogP contribution >= 0.6 is 0 Å². The first-order valence-corrected chi connectivity index (χ1v) is 5.76. The van der Waals surface area contributed by atoms with E-state index < -0.39 is 21.4 Å². The first-order valence-electron chi connectivity index (χ1n) is 5.76. The summed E-state index contributed by atoms with van der Waals surface area (Å²) in [6, 6.07) is 7.08. The van der Waals surface area contributed by atoms with Gasteiger partial charge in [-0.3, -0.25) is 20.2 Å². The van der Waals surface area contributed by atoms with Crippen LogP contribution in [0.5, 0.6) is 11.5 Å². The molecule has 2 rings (SSSR count). The van der Waals surface area contributed by atoms with E-state index in [0.717, 1.165) is 12.1 Å². The maximum Gasteiger partial charge on any atom is 0.314 e. The van der Waals surface area contributed by atoms with Gasteiger partial charge in [0.05, 0.1) is 15.9 Å². The van der Waals surface area contributed by atoms with Gasteiger partial charge in [0.1, 0.15) is 5.82 Å². The summed E-state index contributed by atoms with van der Waals surface area (Å²) >= 11 is 0. The third-order valence-electron chi connectivity index (χ3n) is 2.72. The number of ether oxygens (including phenoxy) is 1. The summed E-state index contributed by atoms with van der Waals surface area (Å²) in [4.78, 5) is 20.5. The minimum atomic E-state index is -0.819. The minimum Gasteiger partial charge on any atom is -0.443 e. The Morgan fingerprint density at radius 2 is 1.76 bits per heavy atom. The van der Waals surface area contributed by atoms with Crippen molar-refractivity contribution in [3.05, 3.63) is 68.0 Å². The van der Waals surface area contributed by atoms with Crippen LogP contribution in [0.4, 0.5) is 15.8 Å². The Morgan fingerprint density at radius 1 is 1.05 bits per heavy atom. The molecule has 21 heavy (non-hydrogen) atoms. The second-order valence-electron chi connectivity index (χ2n) is 4.15. The Labute approximate surface area is 117 Å². The van der Waals surface area contributed by atoms with Crippen LogP contribution in [0.3, 0.4) is 0 Å². The lowest BCUT2D eigenvalue weighted by molar-refractivity contribution is -0.387. The topological polar surface area (TPSA) is 95.5 Å². The van der Waals surface area contributed by atoms with E-state index in [0.29, 0.717) is 11.6 Å². The number of nitro benzene ring substituents is 2. The van der Waals surface area contributed by atoms with Crippen LogP contribution in [0.2, 0.25) is 0 Å². The zero-order chi connectivity index (χ0) is 15.6. The zero-order valence-electron chi connectivity index (χ0n) is 10.8. The predicted molar refractivity (Wildman–Crippen MR) is 71.0 cm³/mol. The van der Waals surface area contributed by atoms with Gasteiger partial charge in [-0.25, -0.2) is 4.39 Å². The largest absolute Gasteiger partial charge is 0.443 e. The van der Waals surface area contributed by atoms with Gasteiger partial charge in [-0.2, -0.15) is 0 Å². The highest BCUT2D eigenvalue weighted by atomic mass is 19.1. The number of hydrogen-bond donors (Lipinski definition) is 0. The van der Waals surface area contributed by atoms with E-state index >= 15 is 0 Å². The molecule has 0 saturated heterocycles. The molecule has 108 valence electrons. The Kier molecular flexibility index (Phi) is 3.79. The molecule has 0 N–H and O–H groups in total. The second-order valence-corrected chi connectivity index (χ2v) is 4.15. The SMILES string of the molecule is Cc1cccc(Oc2ccc(F)cc2[N+](=O)[O-])c1[N+](=O)[O-]. The highest BCUT2D eigenvalue weighted by molar-refractivity contribution is 5.56. The average Bonchev–Trinajstić information content (AvgIpc) is 2.40. The molecule has 0 radical (unpaired) electrons. The van der Waals surface area contributed by atoms with Gasteiger partial charge in [0.2, 0.25) is 11.5 Å². The molecule has 0 aliphatic heterocycles. The van der Waals surface area contributed by atoms with Crippen LogP contribution in [0.25, 0.3) is 0 Å². The van der Waals surface area contributed by atoms with Gasteiger partial charge in [-0.15, -0.1) is 0 Å².